The predicted molar refractivity (Wildman–Crippen MR) is 53.8 cm³/mol. The maximum absolute atomic E-state index is 11.7. The lowest BCUT2D eigenvalue weighted by Crippen LogP contribution is -2.28. The van der Waals surface area contributed by atoms with Gasteiger partial charge in [-0.3, -0.25) is 9.11 Å². The molecule has 74 valence electrons. The fourth-order valence-corrected chi connectivity index (χ4v) is 2.69. The zero-order valence-corrected chi connectivity index (χ0v) is 9.06. The highest BCUT2D eigenvalue weighted by atomic mass is 32.2. The van der Waals surface area contributed by atoms with E-state index in [1.54, 1.807) is 0 Å². The van der Waals surface area contributed by atoms with Gasteiger partial charge in [-0.2, -0.15) is 5.26 Å². The van der Waals surface area contributed by atoms with Crippen molar-refractivity contribution >= 4 is 10.8 Å². The summed E-state index contributed by atoms with van der Waals surface area (Å²) in [7, 11) is -0.743. The van der Waals surface area contributed by atoms with Gasteiger partial charge in [0, 0.05) is 34.4 Å². The van der Waals surface area contributed by atoms with Gasteiger partial charge < -0.3 is 0 Å². The molecule has 1 unspecified atom stereocenters. The van der Waals surface area contributed by atoms with E-state index in [1.165, 1.54) is 0 Å². The number of hydrogen-bond donors (Lipinski definition) is 0. The Labute approximate surface area is 82.2 Å². The predicted octanol–water partition coefficient (Wildman–Crippen LogP) is 0.743. The molecule has 3 nitrogen and oxygen atoms in total. The van der Waals surface area contributed by atoms with Crippen molar-refractivity contribution in [3.8, 4) is 6.07 Å². The third-order valence-corrected chi connectivity index (χ3v) is 4.52. The number of hydrogen-bond acceptors (Lipinski definition) is 3. The van der Waals surface area contributed by atoms with Gasteiger partial charge in [0.2, 0.25) is 0 Å². The lowest BCUT2D eigenvalue weighted by atomic mass is 10.1. The second-order valence-corrected chi connectivity index (χ2v) is 6.20. The zero-order chi connectivity index (χ0) is 9.90. The minimum absolute atomic E-state index is 0.0792. The summed E-state index contributed by atoms with van der Waals surface area (Å²) in [5.41, 5.74) is 0. The Morgan fingerprint density at radius 3 is 2.85 bits per heavy atom. The summed E-state index contributed by atoms with van der Waals surface area (Å²) in [5.74, 6) is 0.703. The number of nitrogens with zero attached hydrogens (tertiary/aromatic N) is 2. The summed E-state index contributed by atoms with van der Waals surface area (Å²) in [5, 5.41) is 8.54. The Balaban J connectivity index is 2.58. The molecule has 1 aliphatic heterocycles. The molecule has 4 heteroatoms. The van der Waals surface area contributed by atoms with E-state index in [9.17, 15) is 4.21 Å². The monoisotopic (exact) mass is 200 g/mol. The third-order valence-electron chi connectivity index (χ3n) is 2.53. The molecule has 1 heterocycles. The van der Waals surface area contributed by atoms with Crippen LogP contribution < -0.4 is 0 Å². The summed E-state index contributed by atoms with van der Waals surface area (Å²) < 4.78 is 11.6. The first-order chi connectivity index (χ1) is 6.06. The first-order valence-corrected chi connectivity index (χ1v) is 5.86. The Hall–Kier alpha value is -0.400. The summed E-state index contributed by atoms with van der Waals surface area (Å²) in [6.07, 6.45) is 0.918. The molecule has 0 aromatic carbocycles. The van der Waals surface area contributed by atoms with Crippen LogP contribution in [0.25, 0.3) is 0 Å². The highest BCUT2D eigenvalue weighted by molar-refractivity contribution is 7.86. The molecule has 0 saturated carbocycles. The molecule has 0 aliphatic carbocycles. The van der Waals surface area contributed by atoms with Crippen LogP contribution in [0.4, 0.5) is 0 Å². The van der Waals surface area contributed by atoms with Gasteiger partial charge in [-0.15, -0.1) is 0 Å². The van der Waals surface area contributed by atoms with E-state index < -0.39 is 10.8 Å². The van der Waals surface area contributed by atoms with E-state index >= 15 is 0 Å². The molecule has 0 amide bonds. The van der Waals surface area contributed by atoms with Crippen molar-refractivity contribution in [3.63, 3.8) is 0 Å². The lowest BCUT2D eigenvalue weighted by Gasteiger charge is -2.20. The molecular weight excluding hydrogens is 184 g/mol. The van der Waals surface area contributed by atoms with Crippen molar-refractivity contribution in [3.05, 3.63) is 0 Å². The minimum Gasteiger partial charge on any atom is -0.290 e. The topological polar surface area (TPSA) is 44.1 Å². The van der Waals surface area contributed by atoms with E-state index in [1.807, 2.05) is 13.8 Å². The first-order valence-electron chi connectivity index (χ1n) is 4.54. The molecule has 1 fully saturated rings. The van der Waals surface area contributed by atoms with E-state index in [-0.39, 0.29) is 4.75 Å². The van der Waals surface area contributed by atoms with Crippen LogP contribution in [0.1, 0.15) is 20.3 Å². The second kappa shape index (κ2) is 4.21. The molecule has 0 aromatic heterocycles. The fraction of sp³-hybridized carbons (Fsp3) is 0.889. The molecule has 13 heavy (non-hydrogen) atoms. The average molecular weight is 200 g/mol. The summed E-state index contributed by atoms with van der Waals surface area (Å²) in [4.78, 5) is 2.08. The molecule has 1 atom stereocenters. The molecule has 1 saturated heterocycles. The van der Waals surface area contributed by atoms with Gasteiger partial charge in [0.1, 0.15) is 0 Å². The van der Waals surface area contributed by atoms with Crippen LogP contribution in [0.2, 0.25) is 0 Å². The maximum atomic E-state index is 11.7. The largest absolute Gasteiger partial charge is 0.290 e. The van der Waals surface area contributed by atoms with Gasteiger partial charge in [-0.25, -0.2) is 0 Å². The highest BCUT2D eigenvalue weighted by Gasteiger charge is 2.29. The highest BCUT2D eigenvalue weighted by Crippen LogP contribution is 2.21. The summed E-state index contributed by atoms with van der Waals surface area (Å²) >= 11 is 0. The maximum Gasteiger partial charge on any atom is 0.0866 e. The van der Waals surface area contributed by atoms with Gasteiger partial charge in [0.15, 0.2) is 0 Å². The summed E-state index contributed by atoms with van der Waals surface area (Å²) in [6.45, 7) is 6.24. The molecule has 0 N–H and O–H groups in total. The summed E-state index contributed by atoms with van der Waals surface area (Å²) in [6, 6.07) is 2.13. The van der Waals surface area contributed by atoms with Crippen molar-refractivity contribution in [2.45, 2.75) is 25.0 Å². The Morgan fingerprint density at radius 1 is 1.54 bits per heavy atom. The van der Waals surface area contributed by atoms with Crippen LogP contribution in [0, 0.1) is 11.3 Å². The van der Waals surface area contributed by atoms with E-state index in [0.29, 0.717) is 12.3 Å². The molecule has 1 rings (SSSR count). The van der Waals surface area contributed by atoms with Crippen LogP contribution in [0.15, 0.2) is 0 Å². The Morgan fingerprint density at radius 2 is 2.23 bits per heavy atom. The van der Waals surface area contributed by atoms with Crippen LogP contribution >= 0.6 is 0 Å². The lowest BCUT2D eigenvalue weighted by molar-refractivity contribution is 0.317. The molecule has 1 aliphatic rings. The molecule has 0 bridgehead atoms. The van der Waals surface area contributed by atoms with Crippen molar-refractivity contribution in [2.24, 2.45) is 0 Å². The van der Waals surface area contributed by atoms with E-state index in [0.717, 1.165) is 19.5 Å². The minimum atomic E-state index is -0.743. The molecule has 0 spiro atoms. The van der Waals surface area contributed by atoms with E-state index in [4.69, 9.17) is 5.26 Å². The SMILES string of the molecule is CC1(C)CCN(CC#N)CCS1=O. The number of nitriles is 1. The van der Waals surface area contributed by atoms with Crippen molar-refractivity contribution < 1.29 is 4.21 Å². The first kappa shape index (κ1) is 10.7. The van der Waals surface area contributed by atoms with Gasteiger partial charge in [0.05, 0.1) is 12.6 Å². The van der Waals surface area contributed by atoms with Crippen LogP contribution in [-0.2, 0) is 10.8 Å². The third kappa shape index (κ3) is 2.78. The van der Waals surface area contributed by atoms with Gasteiger partial charge >= 0.3 is 0 Å². The van der Waals surface area contributed by atoms with Crippen molar-refractivity contribution in [2.75, 3.05) is 25.4 Å². The van der Waals surface area contributed by atoms with Gasteiger partial charge in [-0.05, 0) is 20.3 Å². The second-order valence-electron chi connectivity index (χ2n) is 3.99. The van der Waals surface area contributed by atoms with Gasteiger partial charge in [0.25, 0.3) is 0 Å². The Kier molecular flexibility index (Phi) is 3.46. The smallest absolute Gasteiger partial charge is 0.0866 e. The normalized spacial score (nSPS) is 29.2. The van der Waals surface area contributed by atoms with Gasteiger partial charge in [-0.1, -0.05) is 0 Å². The zero-order valence-electron chi connectivity index (χ0n) is 8.25. The average Bonchev–Trinajstić information content (AvgIpc) is 2.19. The molecule has 0 radical (unpaired) electrons. The number of rotatable bonds is 1. The standard InChI is InChI=1S/C9H16N2OS/c1-9(2)3-5-11(6-4-10)7-8-13(9)12/h3,5-8H2,1-2H3. The molecular formula is C9H16N2OS. The van der Waals surface area contributed by atoms with Crippen LogP contribution in [0.5, 0.6) is 0 Å². The fourth-order valence-electron chi connectivity index (χ4n) is 1.40. The van der Waals surface area contributed by atoms with E-state index in [2.05, 4.69) is 11.0 Å². The van der Waals surface area contributed by atoms with Crippen molar-refractivity contribution in [1.82, 2.24) is 4.90 Å². The quantitative estimate of drug-likeness (QED) is 0.586. The van der Waals surface area contributed by atoms with Crippen LogP contribution in [0.3, 0.4) is 0 Å². The Bertz CT molecular complexity index is 244. The van der Waals surface area contributed by atoms with Crippen LogP contribution in [-0.4, -0.2) is 39.2 Å². The van der Waals surface area contributed by atoms with Crippen molar-refractivity contribution in [1.29, 1.82) is 5.26 Å². The molecule has 0 aromatic rings.